The summed E-state index contributed by atoms with van der Waals surface area (Å²) in [5.74, 6) is -4.13. The molecule has 0 amide bonds. The molecule has 0 unspecified atom stereocenters. The third-order valence-corrected chi connectivity index (χ3v) is 4.31. The number of nitrogens with one attached hydrogen (secondary N) is 1. The Kier molecular flexibility index (Phi) is 7.57. The topological polar surface area (TPSA) is 88.0 Å². The summed E-state index contributed by atoms with van der Waals surface area (Å²) in [6.07, 6.45) is 4.45. The predicted octanol–water partition coefficient (Wildman–Crippen LogP) is 3.91. The van der Waals surface area contributed by atoms with Crippen LogP contribution >= 0.6 is 0 Å². The van der Waals surface area contributed by atoms with E-state index in [1.807, 2.05) is 18.2 Å². The lowest BCUT2D eigenvalue weighted by Crippen LogP contribution is -2.22. The van der Waals surface area contributed by atoms with Crippen molar-refractivity contribution in [3.63, 3.8) is 0 Å². The van der Waals surface area contributed by atoms with E-state index >= 15 is 0 Å². The number of rotatable bonds is 11. The number of aryl methyl sites for hydroxylation is 1. The van der Waals surface area contributed by atoms with Crippen LogP contribution in [0.15, 0.2) is 36.9 Å². The van der Waals surface area contributed by atoms with Gasteiger partial charge in [-0.1, -0.05) is 6.07 Å². The zero-order chi connectivity index (χ0) is 19.7. The summed E-state index contributed by atoms with van der Waals surface area (Å²) < 4.78 is 28.8. The van der Waals surface area contributed by atoms with Crippen molar-refractivity contribution in [2.75, 3.05) is 12.4 Å². The highest BCUT2D eigenvalue weighted by molar-refractivity contribution is 5.68. The van der Waals surface area contributed by atoms with E-state index in [4.69, 9.17) is 5.11 Å². The number of nitrogens with zero attached hydrogens (tertiary/aromatic N) is 3. The Morgan fingerprint density at radius 2 is 2.00 bits per heavy atom. The third kappa shape index (κ3) is 7.24. The lowest BCUT2D eigenvalue weighted by atomic mass is 9.90. The predicted molar refractivity (Wildman–Crippen MR) is 97.9 cm³/mol. The van der Waals surface area contributed by atoms with Gasteiger partial charge in [-0.05, 0) is 37.0 Å². The average Bonchev–Trinajstić information content (AvgIpc) is 2.65. The van der Waals surface area contributed by atoms with Gasteiger partial charge in [0.2, 0.25) is 5.92 Å². The number of aromatic nitrogens is 3. The van der Waals surface area contributed by atoms with E-state index in [0.717, 1.165) is 11.5 Å². The second-order valence-electron chi connectivity index (χ2n) is 6.50. The molecule has 0 fully saturated rings. The van der Waals surface area contributed by atoms with Crippen molar-refractivity contribution >= 4 is 11.8 Å². The summed E-state index contributed by atoms with van der Waals surface area (Å²) in [5.41, 5.74) is 1.28. The molecule has 2 rings (SSSR count). The third-order valence-electron chi connectivity index (χ3n) is 4.31. The van der Waals surface area contributed by atoms with E-state index in [1.54, 1.807) is 7.05 Å². The van der Waals surface area contributed by atoms with Crippen LogP contribution in [0.2, 0.25) is 0 Å². The van der Waals surface area contributed by atoms with Crippen molar-refractivity contribution in [3.8, 4) is 0 Å². The molecule has 0 aliphatic rings. The van der Waals surface area contributed by atoms with Crippen LogP contribution in [0.5, 0.6) is 0 Å². The number of carboxylic acid groups (broad SMARTS) is 1. The number of hydrogen-bond acceptors (Lipinski definition) is 5. The first-order chi connectivity index (χ1) is 12.9. The molecular formula is C19H24F2N4O2. The Morgan fingerprint density at radius 3 is 2.67 bits per heavy atom. The van der Waals surface area contributed by atoms with E-state index < -0.39 is 24.2 Å². The van der Waals surface area contributed by atoms with Crippen molar-refractivity contribution in [1.29, 1.82) is 0 Å². The molecule has 6 nitrogen and oxygen atoms in total. The summed E-state index contributed by atoms with van der Waals surface area (Å²) >= 11 is 0. The molecule has 27 heavy (non-hydrogen) atoms. The first-order valence-electron chi connectivity index (χ1n) is 8.88. The Hall–Kier alpha value is -2.64. The molecule has 0 saturated heterocycles. The maximum atomic E-state index is 14.4. The largest absolute Gasteiger partial charge is 0.481 e. The quantitative estimate of drug-likeness (QED) is 0.577. The molecule has 2 N–H and O–H groups in total. The van der Waals surface area contributed by atoms with Crippen molar-refractivity contribution in [2.24, 2.45) is 0 Å². The lowest BCUT2D eigenvalue weighted by Gasteiger charge is -2.22. The molecule has 0 radical (unpaired) electrons. The van der Waals surface area contributed by atoms with Gasteiger partial charge in [0.25, 0.3) is 0 Å². The maximum Gasteiger partial charge on any atom is 0.303 e. The van der Waals surface area contributed by atoms with Crippen LogP contribution in [0.3, 0.4) is 0 Å². The van der Waals surface area contributed by atoms with Gasteiger partial charge in [0.15, 0.2) is 0 Å². The van der Waals surface area contributed by atoms with Crippen molar-refractivity contribution in [2.45, 2.75) is 50.4 Å². The zero-order valence-electron chi connectivity index (χ0n) is 15.2. The second kappa shape index (κ2) is 9.89. The number of hydrogen-bond donors (Lipinski definition) is 2. The molecule has 0 bridgehead atoms. The number of alkyl halides is 2. The summed E-state index contributed by atoms with van der Waals surface area (Å²) in [6.45, 7) is 0. The number of unbranched alkanes of at least 4 members (excludes halogenated alkanes) is 1. The lowest BCUT2D eigenvalue weighted by molar-refractivity contribution is -0.138. The van der Waals surface area contributed by atoms with E-state index in [9.17, 15) is 13.6 Å². The average molecular weight is 378 g/mol. The number of aliphatic carboxylic acids is 1. The number of halogens is 2. The van der Waals surface area contributed by atoms with Crippen LogP contribution in [0.25, 0.3) is 0 Å². The molecule has 2 heterocycles. The summed E-state index contributed by atoms with van der Waals surface area (Å²) in [5, 5.41) is 12.0. The standard InChI is InChI=1S/C19H24F2N4O2/c1-22-17-7-4-6-16(25-17)5-2-3-8-19(20,21)10-14(9-18(26)27)15-11-23-13-24-12-15/h4,6-7,11-14H,2-3,5,8-10H2,1H3,(H,22,25)(H,26,27)/t14-/m0/s1. The fourth-order valence-corrected chi connectivity index (χ4v) is 2.95. The highest BCUT2D eigenvalue weighted by Gasteiger charge is 2.33. The molecule has 1 atom stereocenters. The summed E-state index contributed by atoms with van der Waals surface area (Å²) in [7, 11) is 1.78. The monoisotopic (exact) mass is 378 g/mol. The van der Waals surface area contributed by atoms with Gasteiger partial charge in [0.05, 0.1) is 6.42 Å². The molecule has 0 aliphatic heterocycles. The Balaban J connectivity index is 1.87. The van der Waals surface area contributed by atoms with Gasteiger partial charge in [-0.3, -0.25) is 4.79 Å². The number of carboxylic acids is 1. The van der Waals surface area contributed by atoms with Crippen LogP contribution in [0.4, 0.5) is 14.6 Å². The van der Waals surface area contributed by atoms with E-state index in [2.05, 4.69) is 20.3 Å². The first kappa shape index (κ1) is 20.7. The highest BCUT2D eigenvalue weighted by Crippen LogP contribution is 2.35. The van der Waals surface area contributed by atoms with Crippen LogP contribution in [0, 0.1) is 0 Å². The number of anilines is 1. The Labute approximate surface area is 157 Å². The Morgan fingerprint density at radius 1 is 1.26 bits per heavy atom. The molecule has 0 saturated carbocycles. The number of carbonyl (C=O) groups is 1. The molecule has 146 valence electrons. The molecule has 2 aromatic rings. The second-order valence-corrected chi connectivity index (χ2v) is 6.50. The minimum Gasteiger partial charge on any atom is -0.481 e. The summed E-state index contributed by atoms with van der Waals surface area (Å²) in [4.78, 5) is 23.0. The zero-order valence-corrected chi connectivity index (χ0v) is 15.2. The minimum absolute atomic E-state index is 0.289. The smallest absolute Gasteiger partial charge is 0.303 e. The van der Waals surface area contributed by atoms with E-state index in [0.29, 0.717) is 24.8 Å². The van der Waals surface area contributed by atoms with Gasteiger partial charge < -0.3 is 10.4 Å². The van der Waals surface area contributed by atoms with Crippen molar-refractivity contribution in [3.05, 3.63) is 48.2 Å². The van der Waals surface area contributed by atoms with E-state index in [-0.39, 0.29) is 12.8 Å². The van der Waals surface area contributed by atoms with Crippen LogP contribution < -0.4 is 5.32 Å². The van der Waals surface area contributed by atoms with Gasteiger partial charge in [0, 0.05) is 43.9 Å². The highest BCUT2D eigenvalue weighted by atomic mass is 19.3. The molecule has 0 aromatic carbocycles. The fraction of sp³-hybridized carbons (Fsp3) is 0.474. The summed E-state index contributed by atoms with van der Waals surface area (Å²) in [6, 6.07) is 5.59. The molecule has 0 spiro atoms. The van der Waals surface area contributed by atoms with Crippen LogP contribution in [-0.2, 0) is 11.2 Å². The van der Waals surface area contributed by atoms with E-state index in [1.165, 1.54) is 18.7 Å². The van der Waals surface area contributed by atoms with Crippen molar-refractivity contribution < 1.29 is 18.7 Å². The van der Waals surface area contributed by atoms with Gasteiger partial charge >= 0.3 is 5.97 Å². The van der Waals surface area contributed by atoms with Gasteiger partial charge in [-0.2, -0.15) is 0 Å². The van der Waals surface area contributed by atoms with Gasteiger partial charge in [0.1, 0.15) is 12.1 Å². The Bertz CT molecular complexity index is 729. The van der Waals surface area contributed by atoms with Crippen molar-refractivity contribution in [1.82, 2.24) is 15.0 Å². The van der Waals surface area contributed by atoms with Gasteiger partial charge in [-0.25, -0.2) is 23.7 Å². The molecular weight excluding hydrogens is 354 g/mol. The molecule has 8 heteroatoms. The first-order valence-corrected chi connectivity index (χ1v) is 8.88. The number of pyridine rings is 1. The van der Waals surface area contributed by atoms with Crippen LogP contribution in [-0.4, -0.2) is 39.0 Å². The van der Waals surface area contributed by atoms with Gasteiger partial charge in [-0.15, -0.1) is 0 Å². The minimum atomic E-state index is -2.95. The SMILES string of the molecule is CNc1cccc(CCCCC(F)(F)C[C@H](CC(=O)O)c2cncnc2)n1. The van der Waals surface area contributed by atoms with Crippen LogP contribution in [0.1, 0.15) is 49.3 Å². The maximum absolute atomic E-state index is 14.4. The normalized spacial score (nSPS) is 12.6. The fourth-order valence-electron chi connectivity index (χ4n) is 2.95. The molecule has 0 aliphatic carbocycles. The molecule has 2 aromatic heterocycles.